The highest BCUT2D eigenvalue weighted by Gasteiger charge is 2.22. The van der Waals surface area contributed by atoms with Crippen LogP contribution >= 0.6 is 0 Å². The minimum absolute atomic E-state index is 0. The molecule has 2 rings (SSSR count). The summed E-state index contributed by atoms with van der Waals surface area (Å²) in [4.78, 5) is 20.3. The number of hydrogen-bond acceptors (Lipinski definition) is 4. The first-order valence-electron chi connectivity index (χ1n) is 6.98. The van der Waals surface area contributed by atoms with E-state index >= 15 is 0 Å². The lowest BCUT2D eigenvalue weighted by atomic mass is 10.00. The first kappa shape index (κ1) is 18.0. The van der Waals surface area contributed by atoms with Gasteiger partial charge in [0, 0.05) is 18.3 Å². The van der Waals surface area contributed by atoms with Crippen LogP contribution < -0.4 is 23.6 Å². The van der Waals surface area contributed by atoms with Gasteiger partial charge in [-0.1, -0.05) is 19.9 Å². The highest BCUT2D eigenvalue weighted by Crippen LogP contribution is 2.09. The predicted octanol–water partition coefficient (Wildman–Crippen LogP) is -2.26. The molecule has 0 bridgehead atoms. The number of rotatable bonds is 5. The molecule has 6 nitrogen and oxygen atoms in total. The van der Waals surface area contributed by atoms with E-state index in [0.717, 1.165) is 23.0 Å². The summed E-state index contributed by atoms with van der Waals surface area (Å²) in [7, 11) is 0. The molecule has 0 saturated carbocycles. The summed E-state index contributed by atoms with van der Waals surface area (Å²) in [5.41, 5.74) is 8.87. The van der Waals surface area contributed by atoms with Gasteiger partial charge in [-0.3, -0.25) is 14.8 Å². The zero-order chi connectivity index (χ0) is 15.2. The van der Waals surface area contributed by atoms with Crippen LogP contribution in [-0.4, -0.2) is 28.1 Å². The normalized spacial score (nSPS) is 13.6. The summed E-state index contributed by atoms with van der Waals surface area (Å²) in [5, 5.41) is 3.97. The molecule has 0 aliphatic carbocycles. The third-order valence-electron chi connectivity index (χ3n) is 3.55. The molecular weight excluding hydrogens is 302 g/mol. The Balaban J connectivity index is 0.00000242. The molecule has 0 saturated heterocycles. The fraction of sp³-hybridized carbons (Fsp3) is 0.333. The van der Waals surface area contributed by atoms with Gasteiger partial charge >= 0.3 is 0 Å². The molecule has 1 aromatic carbocycles. The van der Waals surface area contributed by atoms with Gasteiger partial charge in [0.1, 0.15) is 0 Å². The van der Waals surface area contributed by atoms with E-state index in [9.17, 15) is 4.79 Å². The van der Waals surface area contributed by atoms with Crippen molar-refractivity contribution in [2.45, 2.75) is 26.3 Å². The topological polar surface area (TPSA) is 94.9 Å². The SMILES string of the molecule is CCC(C)[C@@H]([NH3+])C(=O)N/N=C/c1ccc2nccnc2c1.[Cl-]. The first-order chi connectivity index (χ1) is 10.1. The Morgan fingerprint density at radius 1 is 1.36 bits per heavy atom. The number of benzene rings is 1. The Labute approximate surface area is 135 Å². The molecule has 1 heterocycles. The summed E-state index contributed by atoms with van der Waals surface area (Å²) in [5.74, 6) is 0.0670. The lowest BCUT2D eigenvalue weighted by Gasteiger charge is -2.12. The molecule has 4 N–H and O–H groups in total. The van der Waals surface area contributed by atoms with E-state index in [1.807, 2.05) is 32.0 Å². The average Bonchev–Trinajstić information content (AvgIpc) is 2.53. The summed E-state index contributed by atoms with van der Waals surface area (Å²) < 4.78 is 0. The van der Waals surface area contributed by atoms with Gasteiger partial charge in [0.2, 0.25) is 0 Å². The van der Waals surface area contributed by atoms with Crippen molar-refractivity contribution in [1.29, 1.82) is 0 Å². The van der Waals surface area contributed by atoms with Gasteiger partial charge in [-0.25, -0.2) is 5.43 Å². The smallest absolute Gasteiger partial charge is 0.298 e. The van der Waals surface area contributed by atoms with Crippen LogP contribution in [0, 0.1) is 5.92 Å². The maximum absolute atomic E-state index is 11.8. The maximum atomic E-state index is 11.8. The van der Waals surface area contributed by atoms with Crippen molar-refractivity contribution in [2.24, 2.45) is 11.0 Å². The van der Waals surface area contributed by atoms with E-state index < -0.39 is 0 Å². The molecule has 118 valence electrons. The van der Waals surface area contributed by atoms with Crippen molar-refractivity contribution in [2.75, 3.05) is 0 Å². The predicted molar refractivity (Wildman–Crippen MR) is 81.4 cm³/mol. The molecule has 2 atom stereocenters. The maximum Gasteiger partial charge on any atom is 0.298 e. The van der Waals surface area contributed by atoms with Crippen molar-refractivity contribution in [3.05, 3.63) is 36.2 Å². The van der Waals surface area contributed by atoms with Crippen LogP contribution in [0.1, 0.15) is 25.8 Å². The van der Waals surface area contributed by atoms with Gasteiger partial charge in [-0.15, -0.1) is 0 Å². The van der Waals surface area contributed by atoms with Crippen LogP contribution in [0.15, 0.2) is 35.7 Å². The fourth-order valence-corrected chi connectivity index (χ4v) is 1.86. The van der Waals surface area contributed by atoms with E-state index in [2.05, 4.69) is 26.2 Å². The van der Waals surface area contributed by atoms with Gasteiger partial charge in [-0.05, 0) is 24.1 Å². The Morgan fingerprint density at radius 3 is 2.73 bits per heavy atom. The molecule has 1 amide bonds. The third kappa shape index (κ3) is 4.47. The molecule has 0 aliphatic heterocycles. The Bertz CT molecular complexity index is 661. The summed E-state index contributed by atoms with van der Waals surface area (Å²) in [6.45, 7) is 4.04. The fourth-order valence-electron chi connectivity index (χ4n) is 1.86. The van der Waals surface area contributed by atoms with Crippen LogP contribution in [0.3, 0.4) is 0 Å². The minimum atomic E-state index is -0.297. The molecule has 0 spiro atoms. The number of halogens is 1. The zero-order valence-electron chi connectivity index (χ0n) is 12.7. The third-order valence-corrected chi connectivity index (χ3v) is 3.55. The zero-order valence-corrected chi connectivity index (χ0v) is 13.4. The van der Waals surface area contributed by atoms with Crippen molar-refractivity contribution in [3.63, 3.8) is 0 Å². The Kier molecular flexibility index (Phi) is 6.88. The van der Waals surface area contributed by atoms with Crippen LogP contribution in [-0.2, 0) is 4.79 Å². The van der Waals surface area contributed by atoms with Crippen molar-refractivity contribution >= 4 is 23.2 Å². The number of hydrogen-bond donors (Lipinski definition) is 2. The van der Waals surface area contributed by atoms with Gasteiger partial charge in [0.25, 0.3) is 5.91 Å². The Hall–Kier alpha value is -2.05. The van der Waals surface area contributed by atoms with Crippen LogP contribution in [0.2, 0.25) is 0 Å². The second-order valence-electron chi connectivity index (χ2n) is 5.03. The highest BCUT2D eigenvalue weighted by atomic mass is 35.5. The molecular formula is C15H20ClN5O. The molecule has 0 fully saturated rings. The summed E-state index contributed by atoms with van der Waals surface area (Å²) in [6, 6.07) is 5.32. The molecule has 2 aromatic rings. The standard InChI is InChI=1S/C15H19N5O.ClH/c1-3-10(2)14(16)15(21)20-19-9-11-4-5-12-13(8-11)18-7-6-17-12;/h4-10,14H,3,16H2,1-2H3,(H,20,21);1H/b19-9+;/t10?,14-;/m1./s1. The monoisotopic (exact) mass is 321 g/mol. The average molecular weight is 322 g/mol. The number of amides is 1. The molecule has 1 unspecified atom stereocenters. The van der Waals surface area contributed by atoms with Crippen molar-refractivity contribution in [1.82, 2.24) is 15.4 Å². The highest BCUT2D eigenvalue weighted by molar-refractivity contribution is 5.88. The summed E-state index contributed by atoms with van der Waals surface area (Å²) >= 11 is 0. The molecule has 7 heteroatoms. The van der Waals surface area contributed by atoms with E-state index in [-0.39, 0.29) is 30.3 Å². The van der Waals surface area contributed by atoms with Crippen molar-refractivity contribution in [3.8, 4) is 0 Å². The lowest BCUT2D eigenvalue weighted by molar-refractivity contribution is -0.415. The van der Waals surface area contributed by atoms with Crippen molar-refractivity contribution < 1.29 is 22.9 Å². The number of fused-ring (bicyclic) bond motifs is 1. The quantitative estimate of drug-likeness (QED) is 0.481. The van der Waals surface area contributed by atoms with E-state index in [0.29, 0.717) is 0 Å². The molecule has 0 aliphatic rings. The van der Waals surface area contributed by atoms with E-state index in [4.69, 9.17) is 0 Å². The second-order valence-corrected chi connectivity index (χ2v) is 5.03. The van der Waals surface area contributed by atoms with E-state index in [1.165, 1.54) is 0 Å². The second kappa shape index (κ2) is 8.41. The van der Waals surface area contributed by atoms with Gasteiger partial charge in [-0.2, -0.15) is 5.10 Å². The molecule has 1 aromatic heterocycles. The molecule has 0 radical (unpaired) electrons. The minimum Gasteiger partial charge on any atom is -1.00 e. The molecule has 22 heavy (non-hydrogen) atoms. The van der Waals surface area contributed by atoms with Crippen LogP contribution in [0.4, 0.5) is 0 Å². The Morgan fingerprint density at radius 2 is 2.05 bits per heavy atom. The first-order valence-corrected chi connectivity index (χ1v) is 6.98. The number of nitrogens with one attached hydrogen (secondary N) is 1. The number of aromatic nitrogens is 2. The number of carbonyl (C=O) groups is 1. The largest absolute Gasteiger partial charge is 1.00 e. The number of nitrogens with zero attached hydrogens (tertiary/aromatic N) is 3. The van der Waals surface area contributed by atoms with Gasteiger partial charge in [0.15, 0.2) is 6.04 Å². The summed E-state index contributed by atoms with van der Waals surface area (Å²) in [6.07, 6.45) is 5.80. The lowest BCUT2D eigenvalue weighted by Crippen LogP contribution is -3.00. The van der Waals surface area contributed by atoms with Crippen LogP contribution in [0.25, 0.3) is 11.0 Å². The number of quaternary nitrogens is 1. The number of hydrazone groups is 1. The van der Waals surface area contributed by atoms with Gasteiger partial charge in [0.05, 0.1) is 17.2 Å². The van der Waals surface area contributed by atoms with E-state index in [1.54, 1.807) is 18.6 Å². The van der Waals surface area contributed by atoms with Gasteiger partial charge < -0.3 is 18.1 Å². The van der Waals surface area contributed by atoms with Crippen LogP contribution in [0.5, 0.6) is 0 Å². The number of carbonyl (C=O) groups excluding carboxylic acids is 1.